The SMILES string of the molecule is CC[C@H](C)n1c(SCC(=O)NCc2cccc(OC)c2)nc2ccccc2c1=O. The quantitative estimate of drug-likeness (QED) is 0.451. The molecule has 6 nitrogen and oxygen atoms in total. The lowest BCUT2D eigenvalue weighted by molar-refractivity contribution is -0.118. The number of nitrogens with one attached hydrogen (secondary N) is 1. The molecule has 3 aromatic rings. The fourth-order valence-corrected chi connectivity index (χ4v) is 3.89. The third-order valence-corrected chi connectivity index (χ3v) is 5.72. The Morgan fingerprint density at radius 2 is 2.03 bits per heavy atom. The molecule has 1 N–H and O–H groups in total. The standard InChI is InChI=1S/C22H25N3O3S/c1-4-15(2)25-21(27)18-10-5-6-11-19(18)24-22(25)29-14-20(26)23-13-16-8-7-9-17(12-16)28-3/h5-12,15H,4,13-14H2,1-3H3,(H,23,26)/t15-/m0/s1. The van der Waals surface area contributed by atoms with Gasteiger partial charge in [-0.3, -0.25) is 14.2 Å². The Kier molecular flexibility index (Phi) is 6.93. The maximum atomic E-state index is 13.0. The third kappa shape index (κ3) is 4.98. The summed E-state index contributed by atoms with van der Waals surface area (Å²) < 4.78 is 6.90. The molecule has 0 spiro atoms. The molecule has 29 heavy (non-hydrogen) atoms. The Hall–Kier alpha value is -2.80. The zero-order valence-electron chi connectivity index (χ0n) is 16.8. The zero-order valence-corrected chi connectivity index (χ0v) is 17.7. The Labute approximate surface area is 174 Å². The number of nitrogens with zero attached hydrogens (tertiary/aromatic N) is 2. The van der Waals surface area contributed by atoms with Crippen LogP contribution in [0.3, 0.4) is 0 Å². The smallest absolute Gasteiger partial charge is 0.262 e. The lowest BCUT2D eigenvalue weighted by Gasteiger charge is -2.18. The van der Waals surface area contributed by atoms with Gasteiger partial charge in [-0.15, -0.1) is 0 Å². The maximum Gasteiger partial charge on any atom is 0.262 e. The maximum absolute atomic E-state index is 13.0. The van der Waals surface area contributed by atoms with Gasteiger partial charge in [0.15, 0.2) is 5.16 Å². The van der Waals surface area contributed by atoms with E-state index in [2.05, 4.69) is 10.3 Å². The Balaban J connectivity index is 1.73. The number of thioether (sulfide) groups is 1. The highest BCUT2D eigenvalue weighted by Gasteiger charge is 2.16. The number of fused-ring (bicyclic) bond motifs is 1. The second-order valence-corrected chi connectivity index (χ2v) is 7.70. The number of carbonyl (C=O) groups excluding carboxylic acids is 1. The summed E-state index contributed by atoms with van der Waals surface area (Å²) in [5, 5.41) is 4.07. The van der Waals surface area contributed by atoms with Crippen LogP contribution < -0.4 is 15.6 Å². The summed E-state index contributed by atoms with van der Waals surface area (Å²) in [5.74, 6) is 0.825. The molecule has 0 aliphatic rings. The first-order chi connectivity index (χ1) is 14.0. The second kappa shape index (κ2) is 9.60. The summed E-state index contributed by atoms with van der Waals surface area (Å²) in [6, 6.07) is 14.9. The summed E-state index contributed by atoms with van der Waals surface area (Å²) in [6.45, 7) is 4.44. The van der Waals surface area contributed by atoms with Gasteiger partial charge in [-0.2, -0.15) is 0 Å². The minimum absolute atomic E-state index is 0.00181. The first-order valence-corrected chi connectivity index (χ1v) is 10.6. The molecule has 1 atom stereocenters. The highest BCUT2D eigenvalue weighted by molar-refractivity contribution is 7.99. The van der Waals surface area contributed by atoms with E-state index in [1.54, 1.807) is 17.7 Å². The van der Waals surface area contributed by atoms with Crippen molar-refractivity contribution in [1.82, 2.24) is 14.9 Å². The fourth-order valence-electron chi connectivity index (χ4n) is 2.96. The summed E-state index contributed by atoms with van der Waals surface area (Å²) in [6.07, 6.45) is 0.801. The van der Waals surface area contributed by atoms with Crippen LogP contribution in [0.5, 0.6) is 5.75 Å². The topological polar surface area (TPSA) is 73.2 Å². The molecule has 7 heteroatoms. The van der Waals surface area contributed by atoms with Gasteiger partial charge in [0.1, 0.15) is 5.75 Å². The van der Waals surface area contributed by atoms with Crippen LogP contribution in [0.4, 0.5) is 0 Å². The van der Waals surface area contributed by atoms with Crippen molar-refractivity contribution in [3.05, 3.63) is 64.4 Å². The van der Waals surface area contributed by atoms with Crippen molar-refractivity contribution in [3.63, 3.8) is 0 Å². The van der Waals surface area contributed by atoms with Crippen LogP contribution in [0.1, 0.15) is 31.9 Å². The normalized spacial score (nSPS) is 12.0. The Bertz CT molecular complexity index is 1060. The van der Waals surface area contributed by atoms with E-state index in [0.717, 1.165) is 17.7 Å². The van der Waals surface area contributed by atoms with E-state index < -0.39 is 0 Å². The van der Waals surface area contributed by atoms with Crippen molar-refractivity contribution >= 4 is 28.6 Å². The van der Waals surface area contributed by atoms with Crippen molar-refractivity contribution in [1.29, 1.82) is 0 Å². The molecule has 0 unspecified atom stereocenters. The molecule has 3 rings (SSSR count). The number of methoxy groups -OCH3 is 1. The third-order valence-electron chi connectivity index (χ3n) is 4.76. The van der Waals surface area contributed by atoms with E-state index in [1.807, 2.05) is 56.3 Å². The molecule has 2 aromatic carbocycles. The minimum Gasteiger partial charge on any atom is -0.497 e. The molecule has 0 saturated heterocycles. The van der Waals surface area contributed by atoms with Crippen LogP contribution in [0, 0.1) is 0 Å². The number of aromatic nitrogens is 2. The highest BCUT2D eigenvalue weighted by atomic mass is 32.2. The predicted octanol–water partition coefficient (Wildman–Crippen LogP) is 3.78. The predicted molar refractivity (Wildman–Crippen MR) is 117 cm³/mol. The number of amides is 1. The first-order valence-electron chi connectivity index (χ1n) is 9.57. The summed E-state index contributed by atoms with van der Waals surface area (Å²) in [4.78, 5) is 30.0. The molecule has 152 valence electrons. The number of para-hydroxylation sites is 1. The van der Waals surface area contributed by atoms with E-state index in [0.29, 0.717) is 22.6 Å². The molecule has 1 heterocycles. The average molecular weight is 412 g/mol. The molecule has 1 aromatic heterocycles. The second-order valence-electron chi connectivity index (χ2n) is 6.76. The van der Waals surface area contributed by atoms with Crippen LogP contribution in [0.15, 0.2) is 58.5 Å². The van der Waals surface area contributed by atoms with Gasteiger partial charge in [0.25, 0.3) is 5.56 Å². The van der Waals surface area contributed by atoms with Gasteiger partial charge >= 0.3 is 0 Å². The summed E-state index contributed by atoms with van der Waals surface area (Å²) >= 11 is 1.29. The van der Waals surface area contributed by atoms with Gasteiger partial charge in [-0.05, 0) is 43.2 Å². The number of rotatable bonds is 8. The van der Waals surface area contributed by atoms with Crippen LogP contribution in [-0.4, -0.2) is 28.3 Å². The van der Waals surface area contributed by atoms with Crippen LogP contribution >= 0.6 is 11.8 Å². The number of hydrogen-bond donors (Lipinski definition) is 1. The first kappa shape index (κ1) is 20.9. The fraction of sp³-hybridized carbons (Fsp3) is 0.318. The molecular formula is C22H25N3O3S. The number of carbonyl (C=O) groups is 1. The molecular weight excluding hydrogens is 386 g/mol. The van der Waals surface area contributed by atoms with Gasteiger partial charge in [0, 0.05) is 12.6 Å². The van der Waals surface area contributed by atoms with E-state index in [9.17, 15) is 9.59 Å². The number of benzene rings is 2. The lowest BCUT2D eigenvalue weighted by atomic mass is 10.2. The monoisotopic (exact) mass is 411 g/mol. The number of ether oxygens (including phenoxy) is 1. The van der Waals surface area contributed by atoms with E-state index in [1.165, 1.54) is 11.8 Å². The van der Waals surface area contributed by atoms with Crippen molar-refractivity contribution in [2.75, 3.05) is 12.9 Å². The Morgan fingerprint density at radius 3 is 2.79 bits per heavy atom. The van der Waals surface area contributed by atoms with Crippen LogP contribution in [-0.2, 0) is 11.3 Å². The Morgan fingerprint density at radius 1 is 1.24 bits per heavy atom. The molecule has 0 radical (unpaired) electrons. The van der Waals surface area contributed by atoms with Crippen LogP contribution in [0.25, 0.3) is 10.9 Å². The molecule has 0 aliphatic carbocycles. The summed E-state index contributed by atoms with van der Waals surface area (Å²) in [5.41, 5.74) is 1.55. The van der Waals surface area contributed by atoms with E-state index in [-0.39, 0.29) is 23.3 Å². The minimum atomic E-state index is -0.115. The zero-order chi connectivity index (χ0) is 20.8. The highest BCUT2D eigenvalue weighted by Crippen LogP contribution is 2.22. The van der Waals surface area contributed by atoms with Crippen molar-refractivity contribution in [2.45, 2.75) is 38.0 Å². The van der Waals surface area contributed by atoms with E-state index in [4.69, 9.17) is 4.74 Å². The van der Waals surface area contributed by atoms with Gasteiger partial charge in [0.2, 0.25) is 5.91 Å². The molecule has 0 saturated carbocycles. The summed E-state index contributed by atoms with van der Waals surface area (Å²) in [7, 11) is 1.61. The van der Waals surface area contributed by atoms with Gasteiger partial charge in [-0.25, -0.2) is 4.98 Å². The van der Waals surface area contributed by atoms with Gasteiger partial charge in [0.05, 0.1) is 23.8 Å². The largest absolute Gasteiger partial charge is 0.497 e. The van der Waals surface area contributed by atoms with Crippen molar-refractivity contribution in [3.8, 4) is 5.75 Å². The van der Waals surface area contributed by atoms with Crippen molar-refractivity contribution < 1.29 is 9.53 Å². The van der Waals surface area contributed by atoms with Gasteiger partial charge in [-0.1, -0.05) is 43.0 Å². The van der Waals surface area contributed by atoms with Crippen LogP contribution in [0.2, 0.25) is 0 Å². The van der Waals surface area contributed by atoms with Gasteiger partial charge < -0.3 is 10.1 Å². The van der Waals surface area contributed by atoms with Crippen molar-refractivity contribution in [2.24, 2.45) is 0 Å². The molecule has 1 amide bonds. The average Bonchev–Trinajstić information content (AvgIpc) is 2.76. The molecule has 0 aliphatic heterocycles. The number of hydrogen-bond acceptors (Lipinski definition) is 5. The van der Waals surface area contributed by atoms with E-state index >= 15 is 0 Å². The lowest BCUT2D eigenvalue weighted by Crippen LogP contribution is -2.28. The molecule has 0 fully saturated rings. The molecule has 0 bridgehead atoms.